The fourth-order valence-electron chi connectivity index (χ4n) is 3.10. The van der Waals surface area contributed by atoms with E-state index < -0.39 is 11.6 Å². The Kier molecular flexibility index (Phi) is 3.86. The third kappa shape index (κ3) is 2.26. The number of hydrogen-bond donors (Lipinski definition) is 1. The van der Waals surface area contributed by atoms with Crippen LogP contribution in [0.1, 0.15) is 25.3 Å². The van der Waals surface area contributed by atoms with Gasteiger partial charge in [-0.25, -0.2) is 4.79 Å². The van der Waals surface area contributed by atoms with E-state index in [9.17, 15) is 9.59 Å². The van der Waals surface area contributed by atoms with Gasteiger partial charge in [-0.3, -0.25) is 15.0 Å². The van der Waals surface area contributed by atoms with Gasteiger partial charge in [0.05, 0.1) is 18.4 Å². The van der Waals surface area contributed by atoms with Crippen LogP contribution in [0.5, 0.6) is 5.75 Å². The summed E-state index contributed by atoms with van der Waals surface area (Å²) < 4.78 is 5.22. The van der Waals surface area contributed by atoms with Gasteiger partial charge in [0.15, 0.2) is 5.54 Å². The number of carbonyl (C=O) groups is 2. The van der Waals surface area contributed by atoms with Crippen molar-refractivity contribution in [2.24, 2.45) is 0 Å². The largest absolute Gasteiger partial charge is 0.495 e. The van der Waals surface area contributed by atoms with Gasteiger partial charge in [-0.2, -0.15) is 5.26 Å². The van der Waals surface area contributed by atoms with E-state index in [4.69, 9.17) is 10.00 Å². The van der Waals surface area contributed by atoms with E-state index in [1.165, 1.54) is 12.0 Å². The molecule has 0 radical (unpaired) electrons. The van der Waals surface area contributed by atoms with E-state index in [0.717, 1.165) is 18.4 Å². The van der Waals surface area contributed by atoms with Crippen LogP contribution in [0.25, 0.3) is 0 Å². The molecular weight excluding hydrogens is 306 g/mol. The number of ether oxygens (including phenoxy) is 1. The minimum atomic E-state index is -1.13. The number of urea groups is 1. The predicted octanol–water partition coefficient (Wildman–Crippen LogP) is 2.66. The van der Waals surface area contributed by atoms with E-state index in [1.807, 2.05) is 24.3 Å². The van der Waals surface area contributed by atoms with Crippen LogP contribution >= 0.6 is 0 Å². The van der Waals surface area contributed by atoms with Crippen LogP contribution in [-0.4, -0.2) is 24.6 Å². The number of allylic oxidation sites excluding steroid dienone is 2. The van der Waals surface area contributed by atoms with E-state index in [2.05, 4.69) is 5.32 Å². The number of carbonyl (C=O) groups excluding carboxylic acids is 2. The molecule has 1 unspecified atom stereocenters. The van der Waals surface area contributed by atoms with Crippen molar-refractivity contribution in [3.8, 4) is 11.8 Å². The lowest BCUT2D eigenvalue weighted by atomic mass is 9.86. The molecule has 1 aliphatic carbocycles. The van der Waals surface area contributed by atoms with Crippen molar-refractivity contribution in [2.75, 3.05) is 12.0 Å². The van der Waals surface area contributed by atoms with Crippen molar-refractivity contribution in [3.05, 3.63) is 47.6 Å². The number of nitriles is 1. The van der Waals surface area contributed by atoms with Gasteiger partial charge in [-0.05, 0) is 37.5 Å². The molecule has 1 aromatic rings. The van der Waals surface area contributed by atoms with Gasteiger partial charge in [0.2, 0.25) is 0 Å². The van der Waals surface area contributed by atoms with Crippen LogP contribution in [0.4, 0.5) is 10.5 Å². The first kappa shape index (κ1) is 15.8. The first-order chi connectivity index (χ1) is 11.5. The number of anilines is 1. The second-order valence-corrected chi connectivity index (χ2v) is 5.80. The molecule has 6 nitrogen and oxygen atoms in total. The minimum absolute atomic E-state index is 0.359. The van der Waals surface area contributed by atoms with Gasteiger partial charge in [0.25, 0.3) is 5.91 Å². The Hall–Kier alpha value is -3.07. The van der Waals surface area contributed by atoms with Crippen molar-refractivity contribution >= 4 is 17.6 Å². The highest BCUT2D eigenvalue weighted by molar-refractivity contribution is 6.18. The number of hydrogen-bond acceptors (Lipinski definition) is 4. The van der Waals surface area contributed by atoms with Gasteiger partial charge in [-0.15, -0.1) is 0 Å². The molecule has 0 aromatic heterocycles. The molecule has 24 heavy (non-hydrogen) atoms. The second-order valence-electron chi connectivity index (χ2n) is 5.80. The first-order valence-electron chi connectivity index (χ1n) is 7.63. The van der Waals surface area contributed by atoms with Crippen LogP contribution in [0, 0.1) is 11.3 Å². The van der Waals surface area contributed by atoms with Crippen molar-refractivity contribution in [3.63, 3.8) is 0 Å². The molecule has 3 amide bonds. The molecule has 1 saturated heterocycles. The summed E-state index contributed by atoms with van der Waals surface area (Å²) in [7, 11) is 1.46. The summed E-state index contributed by atoms with van der Waals surface area (Å²) in [6.45, 7) is 1.72. The highest BCUT2D eigenvalue weighted by Gasteiger charge is 2.52. The summed E-state index contributed by atoms with van der Waals surface area (Å²) in [6, 6.07) is 6.37. The third-order valence-corrected chi connectivity index (χ3v) is 4.43. The van der Waals surface area contributed by atoms with Gasteiger partial charge in [0, 0.05) is 6.07 Å². The number of nitrogens with one attached hydrogen (secondary N) is 1. The molecule has 1 N–H and O–H groups in total. The van der Waals surface area contributed by atoms with Crippen molar-refractivity contribution in [2.45, 2.75) is 25.3 Å². The lowest BCUT2D eigenvalue weighted by Crippen LogP contribution is -2.48. The average Bonchev–Trinajstić information content (AvgIpc) is 2.85. The molecule has 0 spiro atoms. The number of rotatable bonds is 3. The molecule has 1 fully saturated rings. The van der Waals surface area contributed by atoms with Gasteiger partial charge >= 0.3 is 6.03 Å². The maximum atomic E-state index is 12.5. The average molecular weight is 323 g/mol. The molecule has 1 heterocycles. The molecule has 2 aliphatic rings. The third-order valence-electron chi connectivity index (χ3n) is 4.43. The van der Waals surface area contributed by atoms with Crippen molar-refractivity contribution in [1.29, 1.82) is 5.26 Å². The van der Waals surface area contributed by atoms with Crippen LogP contribution in [0.15, 0.2) is 42.0 Å². The number of methoxy groups -OCH3 is 1. The van der Waals surface area contributed by atoms with Crippen molar-refractivity contribution < 1.29 is 14.3 Å². The zero-order valence-electron chi connectivity index (χ0n) is 13.5. The standard InChI is InChI=1S/C18H17N3O3/c1-18(13-6-4-3-5-7-13)16(22)20-17(23)21(18)14-9-8-12(11-19)15(10-14)24-2/h4,6-10H,3,5H2,1-2H3,(H,20,22,23). The summed E-state index contributed by atoms with van der Waals surface area (Å²) in [4.78, 5) is 26.4. The molecule has 1 aliphatic heterocycles. The molecule has 122 valence electrons. The summed E-state index contributed by atoms with van der Waals surface area (Å²) in [6.07, 6.45) is 7.60. The summed E-state index contributed by atoms with van der Waals surface area (Å²) >= 11 is 0. The molecule has 6 heteroatoms. The quantitative estimate of drug-likeness (QED) is 0.867. The summed E-state index contributed by atoms with van der Waals surface area (Å²) in [5, 5.41) is 11.5. The van der Waals surface area contributed by atoms with E-state index in [1.54, 1.807) is 25.1 Å². The topological polar surface area (TPSA) is 82.4 Å². The Labute approximate surface area is 140 Å². The SMILES string of the molecule is COc1cc(N2C(=O)NC(=O)C2(C)C2=CCCC=C2)ccc1C#N. The van der Waals surface area contributed by atoms with Crippen LogP contribution in [-0.2, 0) is 4.79 Å². The van der Waals surface area contributed by atoms with E-state index in [-0.39, 0.29) is 5.91 Å². The molecular formula is C18H17N3O3. The first-order valence-corrected chi connectivity index (χ1v) is 7.63. The number of benzene rings is 1. The Morgan fingerprint density at radius 2 is 2.12 bits per heavy atom. The molecule has 3 rings (SSSR count). The zero-order chi connectivity index (χ0) is 17.3. The molecule has 1 atom stereocenters. The minimum Gasteiger partial charge on any atom is -0.495 e. The Morgan fingerprint density at radius 1 is 1.33 bits per heavy atom. The summed E-state index contributed by atoms with van der Waals surface area (Å²) in [5.41, 5.74) is 0.510. The smallest absolute Gasteiger partial charge is 0.329 e. The predicted molar refractivity (Wildman–Crippen MR) is 88.6 cm³/mol. The van der Waals surface area contributed by atoms with Crippen molar-refractivity contribution in [1.82, 2.24) is 5.32 Å². The maximum absolute atomic E-state index is 12.5. The van der Waals surface area contributed by atoms with Crippen LogP contribution in [0.3, 0.4) is 0 Å². The van der Waals surface area contributed by atoms with Crippen LogP contribution in [0.2, 0.25) is 0 Å². The Morgan fingerprint density at radius 3 is 2.75 bits per heavy atom. The lowest BCUT2D eigenvalue weighted by molar-refractivity contribution is -0.121. The van der Waals surface area contributed by atoms with Gasteiger partial charge in [-0.1, -0.05) is 18.2 Å². The number of imide groups is 1. The highest BCUT2D eigenvalue weighted by atomic mass is 16.5. The van der Waals surface area contributed by atoms with Gasteiger partial charge < -0.3 is 4.74 Å². The number of amides is 3. The number of nitrogens with zero attached hydrogens (tertiary/aromatic N) is 2. The van der Waals surface area contributed by atoms with Crippen LogP contribution < -0.4 is 15.0 Å². The Balaban J connectivity index is 2.12. The normalized spacial score (nSPS) is 22.9. The Bertz CT molecular complexity index is 819. The second kappa shape index (κ2) is 5.85. The zero-order valence-corrected chi connectivity index (χ0v) is 13.5. The van der Waals surface area contributed by atoms with E-state index in [0.29, 0.717) is 17.0 Å². The van der Waals surface area contributed by atoms with Gasteiger partial charge in [0.1, 0.15) is 11.8 Å². The maximum Gasteiger partial charge on any atom is 0.329 e. The lowest BCUT2D eigenvalue weighted by Gasteiger charge is -2.34. The molecule has 0 saturated carbocycles. The molecule has 1 aromatic carbocycles. The van der Waals surface area contributed by atoms with E-state index >= 15 is 0 Å². The summed E-state index contributed by atoms with van der Waals surface area (Å²) in [5.74, 6) is -0.00806. The molecule has 0 bridgehead atoms. The fraction of sp³-hybridized carbons (Fsp3) is 0.278. The highest BCUT2D eigenvalue weighted by Crippen LogP contribution is 2.38. The fourth-order valence-corrected chi connectivity index (χ4v) is 3.10. The monoisotopic (exact) mass is 323 g/mol.